The largest absolute Gasteiger partial charge is 0.469 e. The highest BCUT2D eigenvalue weighted by atomic mass is 19.4. The number of carbonyl (C=O) groups excluding carboxylic acids is 1. The summed E-state index contributed by atoms with van der Waals surface area (Å²) >= 11 is 0. The summed E-state index contributed by atoms with van der Waals surface area (Å²) in [5.41, 5.74) is 4.37. The van der Waals surface area contributed by atoms with Gasteiger partial charge in [0.2, 0.25) is 0 Å². The molecule has 7 nitrogen and oxygen atoms in total. The Morgan fingerprint density at radius 3 is 2.43 bits per heavy atom. The van der Waals surface area contributed by atoms with E-state index in [2.05, 4.69) is 33.9 Å². The van der Waals surface area contributed by atoms with Crippen molar-refractivity contribution in [1.82, 2.24) is 9.78 Å². The maximum Gasteiger partial charge on any atom is 0.415 e. The summed E-state index contributed by atoms with van der Waals surface area (Å²) in [5, 5.41) is 4.59. The Hall–Kier alpha value is -4.00. The predicted molar refractivity (Wildman–Crippen MR) is 158 cm³/mol. The van der Waals surface area contributed by atoms with Crippen LogP contribution in [0, 0.1) is 6.57 Å². The number of nitrogens with zero attached hydrogens (tertiary/aromatic N) is 5. The Morgan fingerprint density at radius 1 is 1.07 bits per heavy atom. The molecule has 0 fully saturated rings. The van der Waals surface area contributed by atoms with Gasteiger partial charge >= 0.3 is 12.1 Å². The minimum Gasteiger partial charge on any atom is -0.469 e. The van der Waals surface area contributed by atoms with Crippen molar-refractivity contribution in [3.8, 4) is 0 Å². The zero-order valence-electron chi connectivity index (χ0n) is 24.5. The number of carbonyl (C=O) groups is 1. The molecule has 1 aromatic heterocycles. The van der Waals surface area contributed by atoms with Crippen LogP contribution in [0.25, 0.3) is 4.85 Å². The molecule has 0 atom stereocenters. The van der Waals surface area contributed by atoms with Gasteiger partial charge in [0.25, 0.3) is 0 Å². The average Bonchev–Trinajstić information content (AvgIpc) is 3.42. The highest BCUT2D eigenvalue weighted by Gasteiger charge is 2.31. The third-order valence-corrected chi connectivity index (χ3v) is 7.74. The molecule has 0 unspecified atom stereocenters. The van der Waals surface area contributed by atoms with Crippen molar-refractivity contribution in [3.63, 3.8) is 0 Å². The van der Waals surface area contributed by atoms with Gasteiger partial charge in [0, 0.05) is 63.2 Å². The minimum atomic E-state index is -4.55. The number of hydrogen-bond acceptors (Lipinski definition) is 5. The number of benzene rings is 2. The van der Waals surface area contributed by atoms with Crippen LogP contribution in [-0.2, 0) is 48.7 Å². The third kappa shape index (κ3) is 7.84. The lowest BCUT2D eigenvalue weighted by molar-refractivity contribution is -0.140. The van der Waals surface area contributed by atoms with Gasteiger partial charge in [-0.15, -0.1) is 0 Å². The highest BCUT2D eigenvalue weighted by Crippen LogP contribution is 2.35. The van der Waals surface area contributed by atoms with Gasteiger partial charge < -0.3 is 14.5 Å². The summed E-state index contributed by atoms with van der Waals surface area (Å²) in [5.74, 6) is 0.429. The fourth-order valence-electron chi connectivity index (χ4n) is 5.58. The van der Waals surface area contributed by atoms with Crippen LogP contribution in [0.15, 0.2) is 42.6 Å². The standard InChI is InChI=1S/C32H38F3N5O2/c1-5-39(14-9-8-12-31(41)42-4)29-19-25-11-7-6-10-24(25)18-26(29)22-40(30-13-15-38(3)37-30)21-23-16-27(32(33,34)35)20-28(17-23)36-2/h13,15-20H,5-12,14,21-22H2,1,3-4H3. The lowest BCUT2D eigenvalue weighted by Crippen LogP contribution is -2.29. The second kappa shape index (κ2) is 13.8. The van der Waals surface area contributed by atoms with Crippen molar-refractivity contribution in [2.45, 2.75) is 71.1 Å². The van der Waals surface area contributed by atoms with E-state index in [0.717, 1.165) is 75.0 Å². The first kappa shape index (κ1) is 30.9. The molecule has 3 aromatic rings. The second-order valence-corrected chi connectivity index (χ2v) is 10.8. The van der Waals surface area contributed by atoms with Crippen molar-refractivity contribution >= 4 is 23.2 Å². The molecular formula is C32H38F3N5O2. The smallest absolute Gasteiger partial charge is 0.415 e. The highest BCUT2D eigenvalue weighted by molar-refractivity contribution is 5.69. The van der Waals surface area contributed by atoms with E-state index in [0.29, 0.717) is 24.3 Å². The van der Waals surface area contributed by atoms with E-state index < -0.39 is 11.7 Å². The van der Waals surface area contributed by atoms with E-state index in [1.807, 2.05) is 17.2 Å². The number of alkyl halides is 3. The first-order chi connectivity index (χ1) is 20.1. The Bertz CT molecular complexity index is 1430. The van der Waals surface area contributed by atoms with Crippen LogP contribution in [0.2, 0.25) is 0 Å². The van der Waals surface area contributed by atoms with E-state index in [9.17, 15) is 18.0 Å². The van der Waals surface area contributed by atoms with Crippen molar-refractivity contribution in [2.75, 3.05) is 30.0 Å². The zero-order chi connectivity index (χ0) is 30.3. The number of unbranched alkanes of at least 4 members (excludes halogenated alkanes) is 1. The zero-order valence-corrected chi connectivity index (χ0v) is 24.5. The summed E-state index contributed by atoms with van der Waals surface area (Å²) in [6.45, 7) is 11.6. The number of aromatic nitrogens is 2. The first-order valence-corrected chi connectivity index (χ1v) is 14.4. The fraction of sp³-hybridized carbons (Fsp3) is 0.469. The maximum absolute atomic E-state index is 13.7. The van der Waals surface area contributed by atoms with Gasteiger partial charge in [-0.1, -0.05) is 12.1 Å². The van der Waals surface area contributed by atoms with E-state index in [1.165, 1.54) is 24.3 Å². The summed E-state index contributed by atoms with van der Waals surface area (Å²) in [6.07, 6.45) is 3.49. The molecule has 1 aliphatic carbocycles. The molecule has 42 heavy (non-hydrogen) atoms. The van der Waals surface area contributed by atoms with Gasteiger partial charge in [-0.2, -0.15) is 18.3 Å². The van der Waals surface area contributed by atoms with Crippen LogP contribution in [0.5, 0.6) is 0 Å². The normalized spacial score (nSPS) is 12.9. The van der Waals surface area contributed by atoms with Gasteiger partial charge in [0.15, 0.2) is 11.5 Å². The number of hydrogen-bond donors (Lipinski definition) is 0. The number of methoxy groups -OCH3 is 1. The molecule has 224 valence electrons. The van der Waals surface area contributed by atoms with Gasteiger partial charge in [0.05, 0.1) is 13.7 Å². The maximum atomic E-state index is 13.7. The van der Waals surface area contributed by atoms with Crippen LogP contribution >= 0.6 is 0 Å². The van der Waals surface area contributed by atoms with E-state index in [1.54, 1.807) is 11.7 Å². The molecule has 0 aliphatic heterocycles. The molecule has 0 radical (unpaired) electrons. The number of halogens is 3. The predicted octanol–water partition coefficient (Wildman–Crippen LogP) is 7.24. The molecule has 0 amide bonds. The van der Waals surface area contributed by atoms with Crippen LogP contribution in [0.1, 0.15) is 66.8 Å². The molecule has 4 rings (SSSR count). The fourth-order valence-corrected chi connectivity index (χ4v) is 5.58. The number of aryl methyl sites for hydroxylation is 3. The van der Waals surface area contributed by atoms with Crippen molar-refractivity contribution in [2.24, 2.45) is 7.05 Å². The molecular weight excluding hydrogens is 543 g/mol. The lowest BCUT2D eigenvalue weighted by atomic mass is 9.89. The van der Waals surface area contributed by atoms with Crippen LogP contribution in [-0.4, -0.2) is 35.9 Å². The van der Waals surface area contributed by atoms with Crippen molar-refractivity contribution < 1.29 is 22.7 Å². The monoisotopic (exact) mass is 581 g/mol. The topological polar surface area (TPSA) is 55.0 Å². The Kier molecular flexibility index (Phi) is 10.2. The molecule has 2 aromatic carbocycles. The van der Waals surface area contributed by atoms with Crippen molar-refractivity contribution in [3.05, 3.63) is 81.8 Å². The van der Waals surface area contributed by atoms with Gasteiger partial charge in [0.1, 0.15) is 0 Å². The molecule has 0 N–H and O–H groups in total. The Balaban J connectivity index is 1.70. The average molecular weight is 582 g/mol. The number of ether oxygens (including phenoxy) is 1. The summed E-state index contributed by atoms with van der Waals surface area (Å²) < 4.78 is 47.4. The molecule has 1 heterocycles. The number of fused-ring (bicyclic) bond motifs is 1. The van der Waals surface area contributed by atoms with Crippen LogP contribution in [0.3, 0.4) is 0 Å². The van der Waals surface area contributed by atoms with Gasteiger partial charge in [-0.25, -0.2) is 4.85 Å². The summed E-state index contributed by atoms with van der Waals surface area (Å²) in [4.78, 5) is 19.2. The summed E-state index contributed by atoms with van der Waals surface area (Å²) in [7, 11) is 3.20. The third-order valence-electron chi connectivity index (χ3n) is 7.74. The van der Waals surface area contributed by atoms with E-state index >= 15 is 0 Å². The second-order valence-electron chi connectivity index (χ2n) is 10.8. The van der Waals surface area contributed by atoms with Crippen LogP contribution in [0.4, 0.5) is 30.4 Å². The quantitative estimate of drug-likeness (QED) is 0.128. The molecule has 10 heteroatoms. The van der Waals surface area contributed by atoms with E-state index in [-0.39, 0.29) is 18.2 Å². The first-order valence-electron chi connectivity index (χ1n) is 14.4. The van der Waals surface area contributed by atoms with E-state index in [4.69, 9.17) is 11.3 Å². The SMILES string of the molecule is [C-]#[N+]c1cc(CN(Cc2cc3c(cc2N(CC)CCCCC(=O)OC)CCCC3)c2ccn(C)n2)cc(C(F)(F)F)c1. The molecule has 0 bridgehead atoms. The minimum absolute atomic E-state index is 0.0422. The molecule has 1 aliphatic rings. The Labute approximate surface area is 245 Å². The molecule has 0 spiro atoms. The number of esters is 1. The van der Waals surface area contributed by atoms with Crippen molar-refractivity contribution in [1.29, 1.82) is 0 Å². The van der Waals surface area contributed by atoms with Gasteiger partial charge in [-0.05, 0) is 85.9 Å². The number of anilines is 2. The summed E-state index contributed by atoms with van der Waals surface area (Å²) in [6, 6.07) is 9.93. The lowest BCUT2D eigenvalue weighted by Gasteiger charge is -2.31. The molecule has 0 saturated heterocycles. The van der Waals surface area contributed by atoms with Gasteiger partial charge in [-0.3, -0.25) is 9.48 Å². The molecule has 0 saturated carbocycles. The Morgan fingerprint density at radius 2 is 1.81 bits per heavy atom. The number of rotatable bonds is 12. The van der Waals surface area contributed by atoms with Crippen LogP contribution < -0.4 is 9.80 Å².